The number of aromatic nitrogens is 1. The van der Waals surface area contributed by atoms with E-state index in [0.717, 1.165) is 6.20 Å². The molecule has 1 rings (SSSR count). The number of nitrogens with zero attached hydrogens (tertiary/aromatic N) is 2. The van der Waals surface area contributed by atoms with Crippen molar-refractivity contribution >= 4 is 27.6 Å². The van der Waals surface area contributed by atoms with Gasteiger partial charge in [0.1, 0.15) is 11.8 Å². The minimum atomic E-state index is -0.703. The van der Waals surface area contributed by atoms with Gasteiger partial charge in [0.05, 0.1) is 11.5 Å². The fourth-order valence-corrected chi connectivity index (χ4v) is 1.60. The molecule has 0 saturated heterocycles. The van der Waals surface area contributed by atoms with Crippen LogP contribution in [0.3, 0.4) is 0 Å². The Labute approximate surface area is 99.9 Å². The lowest BCUT2D eigenvalue weighted by Gasteiger charge is -2.06. The molecule has 0 aliphatic rings. The molecule has 0 radical (unpaired) electrons. The molecule has 16 heavy (non-hydrogen) atoms. The lowest BCUT2D eigenvalue weighted by atomic mass is 10.1. The maximum atomic E-state index is 11.6. The van der Waals surface area contributed by atoms with E-state index in [1.807, 2.05) is 0 Å². The summed E-state index contributed by atoms with van der Waals surface area (Å²) in [6.07, 6.45) is 2.44. The molecule has 86 valence electrons. The zero-order valence-corrected chi connectivity index (χ0v) is 10.1. The SMILES string of the molecule is CCOC(=O)c1c(CBr)cncc1[N+](=O)[O-]. The highest BCUT2D eigenvalue weighted by atomic mass is 79.9. The van der Waals surface area contributed by atoms with Crippen molar-refractivity contribution in [2.45, 2.75) is 12.3 Å². The summed E-state index contributed by atoms with van der Waals surface area (Å²) in [4.78, 5) is 25.4. The third-order valence-electron chi connectivity index (χ3n) is 1.82. The molecule has 0 N–H and O–H groups in total. The van der Waals surface area contributed by atoms with Crippen molar-refractivity contribution in [1.29, 1.82) is 0 Å². The number of carbonyl (C=O) groups excluding carboxylic acids is 1. The number of ether oxygens (including phenoxy) is 1. The lowest BCUT2D eigenvalue weighted by Crippen LogP contribution is -2.11. The summed E-state index contributed by atoms with van der Waals surface area (Å²) >= 11 is 3.14. The predicted octanol–water partition coefficient (Wildman–Crippen LogP) is 2.06. The molecule has 1 heterocycles. The predicted molar refractivity (Wildman–Crippen MR) is 59.5 cm³/mol. The van der Waals surface area contributed by atoms with Crippen LogP contribution in [0.4, 0.5) is 5.69 Å². The zero-order valence-electron chi connectivity index (χ0n) is 8.47. The monoisotopic (exact) mass is 288 g/mol. The highest BCUT2D eigenvalue weighted by Crippen LogP contribution is 2.23. The van der Waals surface area contributed by atoms with Crippen LogP contribution in [0, 0.1) is 10.1 Å². The van der Waals surface area contributed by atoms with Crippen LogP contribution in [0.1, 0.15) is 22.8 Å². The average molecular weight is 289 g/mol. The molecule has 0 fully saturated rings. The molecule has 6 nitrogen and oxygen atoms in total. The third-order valence-corrected chi connectivity index (χ3v) is 2.43. The molecule has 0 atom stereocenters. The highest BCUT2D eigenvalue weighted by molar-refractivity contribution is 9.08. The second kappa shape index (κ2) is 5.55. The van der Waals surface area contributed by atoms with Gasteiger partial charge in [-0.2, -0.15) is 0 Å². The molecule has 0 amide bonds. The molecule has 7 heteroatoms. The van der Waals surface area contributed by atoms with Crippen molar-refractivity contribution < 1.29 is 14.5 Å². The Hall–Kier alpha value is -1.50. The summed E-state index contributed by atoms with van der Waals surface area (Å²) in [5.74, 6) is -0.703. The lowest BCUT2D eigenvalue weighted by molar-refractivity contribution is -0.385. The zero-order chi connectivity index (χ0) is 12.1. The van der Waals surface area contributed by atoms with Gasteiger partial charge in [-0.25, -0.2) is 4.79 Å². The van der Waals surface area contributed by atoms with Crippen LogP contribution in [0.2, 0.25) is 0 Å². The Morgan fingerprint density at radius 1 is 1.62 bits per heavy atom. The van der Waals surface area contributed by atoms with E-state index in [9.17, 15) is 14.9 Å². The van der Waals surface area contributed by atoms with E-state index in [1.54, 1.807) is 6.92 Å². The summed E-state index contributed by atoms with van der Waals surface area (Å²) in [5, 5.41) is 11.0. The van der Waals surface area contributed by atoms with Gasteiger partial charge in [0.2, 0.25) is 0 Å². The van der Waals surface area contributed by atoms with Crippen molar-refractivity contribution in [2.24, 2.45) is 0 Å². The number of pyridine rings is 1. The quantitative estimate of drug-likeness (QED) is 0.367. The normalized spacial score (nSPS) is 9.88. The number of hydrogen-bond acceptors (Lipinski definition) is 5. The van der Waals surface area contributed by atoms with Gasteiger partial charge in [-0.3, -0.25) is 15.1 Å². The van der Waals surface area contributed by atoms with E-state index in [0.29, 0.717) is 10.9 Å². The van der Waals surface area contributed by atoms with Crippen LogP contribution < -0.4 is 0 Å². The molecule has 0 aliphatic heterocycles. The van der Waals surface area contributed by atoms with Gasteiger partial charge in [0, 0.05) is 17.1 Å². The van der Waals surface area contributed by atoms with Gasteiger partial charge < -0.3 is 4.74 Å². The minimum Gasteiger partial charge on any atom is -0.462 e. The Balaban J connectivity index is 3.30. The first-order valence-electron chi connectivity index (χ1n) is 4.46. The highest BCUT2D eigenvalue weighted by Gasteiger charge is 2.25. The van der Waals surface area contributed by atoms with E-state index in [4.69, 9.17) is 4.74 Å². The summed E-state index contributed by atoms with van der Waals surface area (Å²) < 4.78 is 4.77. The summed E-state index contributed by atoms with van der Waals surface area (Å²) in [7, 11) is 0. The molecule has 1 aromatic rings. The molecule has 1 aromatic heterocycles. The van der Waals surface area contributed by atoms with Gasteiger partial charge in [-0.1, -0.05) is 15.9 Å². The van der Waals surface area contributed by atoms with Gasteiger partial charge >= 0.3 is 11.7 Å². The Morgan fingerprint density at radius 2 is 2.31 bits per heavy atom. The van der Waals surface area contributed by atoms with Crippen molar-refractivity contribution in [3.63, 3.8) is 0 Å². The minimum absolute atomic E-state index is 0.0428. The molecule has 0 saturated carbocycles. The summed E-state index contributed by atoms with van der Waals surface area (Å²) in [6.45, 7) is 1.80. The van der Waals surface area contributed by atoms with Gasteiger partial charge in [0.15, 0.2) is 0 Å². The Kier molecular flexibility index (Phi) is 4.36. The largest absolute Gasteiger partial charge is 0.462 e. The van der Waals surface area contributed by atoms with Gasteiger partial charge in [-0.05, 0) is 6.92 Å². The van der Waals surface area contributed by atoms with Crippen molar-refractivity contribution in [3.8, 4) is 0 Å². The second-order valence-corrected chi connectivity index (χ2v) is 3.36. The summed E-state index contributed by atoms with van der Waals surface area (Å²) in [6, 6.07) is 0. The van der Waals surface area contributed by atoms with Crippen molar-refractivity contribution in [1.82, 2.24) is 4.98 Å². The van der Waals surface area contributed by atoms with E-state index >= 15 is 0 Å². The van der Waals surface area contributed by atoms with E-state index in [2.05, 4.69) is 20.9 Å². The third kappa shape index (κ3) is 2.54. The van der Waals surface area contributed by atoms with E-state index < -0.39 is 10.9 Å². The van der Waals surface area contributed by atoms with Crippen molar-refractivity contribution in [3.05, 3.63) is 33.6 Å². The first-order chi connectivity index (χ1) is 7.61. The standard InChI is InChI=1S/C9H9BrN2O4/c1-2-16-9(13)8-6(3-10)4-11-5-7(8)12(14)15/h4-5H,2-3H2,1H3. The maximum absolute atomic E-state index is 11.6. The molecule has 0 unspecified atom stereocenters. The number of esters is 1. The van der Waals surface area contributed by atoms with Crippen LogP contribution in [-0.2, 0) is 10.1 Å². The molecule has 0 spiro atoms. The Bertz CT molecular complexity index is 422. The van der Waals surface area contributed by atoms with Crippen LogP contribution in [0.25, 0.3) is 0 Å². The molecular weight excluding hydrogens is 280 g/mol. The number of hydrogen-bond donors (Lipinski definition) is 0. The maximum Gasteiger partial charge on any atom is 0.345 e. The van der Waals surface area contributed by atoms with E-state index in [1.165, 1.54) is 6.20 Å². The average Bonchev–Trinajstić information content (AvgIpc) is 2.28. The van der Waals surface area contributed by atoms with Gasteiger partial charge in [0.25, 0.3) is 0 Å². The number of nitro groups is 1. The first kappa shape index (κ1) is 12.6. The van der Waals surface area contributed by atoms with Crippen LogP contribution in [0.15, 0.2) is 12.4 Å². The number of carbonyl (C=O) groups is 1. The summed E-state index contributed by atoms with van der Waals surface area (Å²) in [5.41, 5.74) is 0.0572. The first-order valence-corrected chi connectivity index (χ1v) is 5.58. The molecule has 0 aliphatic carbocycles. The van der Waals surface area contributed by atoms with Crippen molar-refractivity contribution in [2.75, 3.05) is 6.61 Å². The number of alkyl halides is 1. The Morgan fingerprint density at radius 3 is 2.81 bits per heavy atom. The van der Waals surface area contributed by atoms with E-state index in [-0.39, 0.29) is 17.9 Å². The number of halogens is 1. The topological polar surface area (TPSA) is 82.3 Å². The molecule has 0 bridgehead atoms. The fourth-order valence-electron chi connectivity index (χ4n) is 1.17. The second-order valence-electron chi connectivity index (χ2n) is 2.80. The van der Waals surface area contributed by atoms with Crippen LogP contribution in [0.5, 0.6) is 0 Å². The van der Waals surface area contributed by atoms with Crippen LogP contribution in [-0.4, -0.2) is 22.5 Å². The molecule has 0 aromatic carbocycles. The van der Waals surface area contributed by atoms with Crippen LogP contribution >= 0.6 is 15.9 Å². The molecular formula is C9H9BrN2O4. The smallest absolute Gasteiger partial charge is 0.345 e. The fraction of sp³-hybridized carbons (Fsp3) is 0.333. The number of rotatable bonds is 4. The van der Waals surface area contributed by atoms with Gasteiger partial charge in [-0.15, -0.1) is 0 Å².